The van der Waals surface area contributed by atoms with Crippen LogP contribution in [0, 0.1) is 0 Å². The van der Waals surface area contributed by atoms with Crippen molar-refractivity contribution in [2.24, 2.45) is 0 Å². The van der Waals surface area contributed by atoms with Crippen LogP contribution in [0.5, 0.6) is 0 Å². The molecule has 1 aliphatic heterocycles. The molecule has 6 heteroatoms. The Balaban J connectivity index is 1.32. The van der Waals surface area contributed by atoms with Crippen molar-refractivity contribution < 1.29 is 9.21 Å². The van der Waals surface area contributed by atoms with E-state index in [2.05, 4.69) is 16.9 Å². The molecule has 0 atom stereocenters. The van der Waals surface area contributed by atoms with Crippen LogP contribution in [-0.2, 0) is 11.3 Å². The van der Waals surface area contributed by atoms with Crippen LogP contribution in [0.2, 0.25) is 0 Å². The average Bonchev–Trinajstić information content (AvgIpc) is 3.26. The number of hydrogen-bond donors (Lipinski definition) is 0. The number of rotatable bonds is 7. The van der Waals surface area contributed by atoms with Gasteiger partial charge in [-0.3, -0.25) is 9.48 Å². The summed E-state index contributed by atoms with van der Waals surface area (Å²) in [6, 6.07) is 1.87. The van der Waals surface area contributed by atoms with E-state index in [-0.39, 0.29) is 5.91 Å². The Morgan fingerprint density at radius 1 is 1.25 bits per heavy atom. The Kier molecular flexibility index (Phi) is 5.46. The Morgan fingerprint density at radius 3 is 2.83 bits per heavy atom. The van der Waals surface area contributed by atoms with E-state index < -0.39 is 0 Å². The zero-order valence-electron chi connectivity index (χ0n) is 14.0. The Labute approximate surface area is 142 Å². The van der Waals surface area contributed by atoms with Crippen LogP contribution in [0.4, 0.5) is 0 Å². The Bertz CT molecular complexity index is 665. The quantitative estimate of drug-likeness (QED) is 0.578. The zero-order chi connectivity index (χ0) is 16.8. The zero-order valence-corrected chi connectivity index (χ0v) is 14.0. The fourth-order valence-corrected chi connectivity index (χ4v) is 2.91. The summed E-state index contributed by atoms with van der Waals surface area (Å²) >= 11 is 0. The molecule has 24 heavy (non-hydrogen) atoms. The minimum absolute atomic E-state index is 0.283. The maximum atomic E-state index is 12.1. The highest BCUT2D eigenvalue weighted by Gasteiger charge is 2.17. The van der Waals surface area contributed by atoms with Gasteiger partial charge in [0.25, 0.3) is 0 Å². The third-order valence-corrected chi connectivity index (χ3v) is 4.46. The fourth-order valence-electron chi connectivity index (χ4n) is 2.91. The van der Waals surface area contributed by atoms with Crippen molar-refractivity contribution in [2.45, 2.75) is 45.1 Å². The van der Waals surface area contributed by atoms with Crippen molar-refractivity contribution in [3.05, 3.63) is 36.9 Å². The van der Waals surface area contributed by atoms with Gasteiger partial charge in [0.15, 0.2) is 0 Å². The second-order valence-electron chi connectivity index (χ2n) is 6.32. The summed E-state index contributed by atoms with van der Waals surface area (Å²) < 4.78 is 6.90. The Hall–Kier alpha value is -2.37. The van der Waals surface area contributed by atoms with Gasteiger partial charge in [0, 0.05) is 31.6 Å². The van der Waals surface area contributed by atoms with Crippen LogP contribution in [0.1, 0.15) is 38.5 Å². The molecule has 0 aliphatic carbocycles. The van der Waals surface area contributed by atoms with Crippen LogP contribution in [0.15, 0.2) is 41.4 Å². The monoisotopic (exact) mass is 328 g/mol. The van der Waals surface area contributed by atoms with Crippen molar-refractivity contribution in [2.75, 3.05) is 13.1 Å². The van der Waals surface area contributed by atoms with Crippen LogP contribution < -0.4 is 0 Å². The van der Waals surface area contributed by atoms with Gasteiger partial charge in [-0.15, -0.1) is 5.10 Å². The second kappa shape index (κ2) is 7.95. The van der Waals surface area contributed by atoms with Crippen LogP contribution in [0.25, 0.3) is 11.3 Å². The minimum Gasteiger partial charge on any atom is -0.472 e. The van der Waals surface area contributed by atoms with E-state index in [0.29, 0.717) is 6.42 Å². The summed E-state index contributed by atoms with van der Waals surface area (Å²) in [4.78, 5) is 14.1. The first-order valence-electron chi connectivity index (χ1n) is 8.59. The van der Waals surface area contributed by atoms with Gasteiger partial charge in [-0.05, 0) is 31.7 Å². The largest absolute Gasteiger partial charge is 0.472 e. The van der Waals surface area contributed by atoms with E-state index in [4.69, 9.17) is 4.42 Å². The number of carbonyl (C=O) groups is 1. The van der Waals surface area contributed by atoms with Crippen molar-refractivity contribution in [1.29, 1.82) is 0 Å². The first kappa shape index (κ1) is 16.5. The normalized spacial score (nSPS) is 15.0. The van der Waals surface area contributed by atoms with Gasteiger partial charge in [-0.25, -0.2) is 0 Å². The predicted molar refractivity (Wildman–Crippen MR) is 91.1 cm³/mol. The van der Waals surface area contributed by atoms with E-state index >= 15 is 0 Å². The lowest BCUT2D eigenvalue weighted by Crippen LogP contribution is -2.36. The molecule has 0 bridgehead atoms. The highest BCUT2D eigenvalue weighted by molar-refractivity contribution is 5.76. The number of amides is 1. The number of aryl methyl sites for hydroxylation is 1. The molecule has 128 valence electrons. The molecule has 0 N–H and O–H groups in total. The Morgan fingerprint density at radius 2 is 2.08 bits per heavy atom. The van der Waals surface area contributed by atoms with Gasteiger partial charge in [-0.2, -0.15) is 0 Å². The molecule has 1 amide bonds. The van der Waals surface area contributed by atoms with E-state index in [0.717, 1.165) is 63.0 Å². The maximum absolute atomic E-state index is 12.1. The van der Waals surface area contributed by atoms with Crippen molar-refractivity contribution in [3.8, 4) is 11.3 Å². The molecular formula is C18H24N4O2. The van der Waals surface area contributed by atoms with Gasteiger partial charge < -0.3 is 9.32 Å². The molecule has 1 fully saturated rings. The van der Waals surface area contributed by atoms with Crippen LogP contribution >= 0.6 is 0 Å². The number of likely N-dealkylation sites (tertiary alicyclic amines) is 1. The molecule has 0 radical (unpaired) electrons. The van der Waals surface area contributed by atoms with Crippen molar-refractivity contribution in [1.82, 2.24) is 19.9 Å². The van der Waals surface area contributed by atoms with Crippen molar-refractivity contribution >= 4 is 5.91 Å². The standard InChI is InChI=1S/C18H24N4O2/c1-15-6-10-21(11-7-15)18(23)5-3-2-4-9-22-13-17(19-20-22)16-8-12-24-14-16/h8,12-14H,1-7,9-11H2. The molecule has 1 aliphatic rings. The molecular weight excluding hydrogens is 304 g/mol. The predicted octanol–water partition coefficient (Wildman–Crippen LogP) is 3.28. The molecule has 0 saturated carbocycles. The molecule has 3 heterocycles. The molecule has 0 spiro atoms. The molecule has 3 rings (SSSR count). The highest BCUT2D eigenvalue weighted by atomic mass is 16.3. The summed E-state index contributed by atoms with van der Waals surface area (Å²) in [6.45, 7) is 6.49. The van der Waals surface area contributed by atoms with Gasteiger partial charge in [0.1, 0.15) is 5.69 Å². The molecule has 2 aromatic heterocycles. The average molecular weight is 328 g/mol. The van der Waals surface area contributed by atoms with E-state index in [1.807, 2.05) is 21.8 Å². The molecule has 1 saturated heterocycles. The van der Waals surface area contributed by atoms with E-state index in [9.17, 15) is 4.79 Å². The molecule has 2 aromatic rings. The number of furan rings is 1. The van der Waals surface area contributed by atoms with E-state index in [1.165, 1.54) is 5.57 Å². The van der Waals surface area contributed by atoms with E-state index in [1.54, 1.807) is 12.5 Å². The number of carbonyl (C=O) groups excluding carboxylic acids is 1. The third-order valence-electron chi connectivity index (χ3n) is 4.46. The third kappa shape index (κ3) is 4.34. The van der Waals surface area contributed by atoms with Crippen LogP contribution in [0.3, 0.4) is 0 Å². The lowest BCUT2D eigenvalue weighted by molar-refractivity contribution is -0.131. The highest BCUT2D eigenvalue weighted by Crippen LogP contribution is 2.17. The van der Waals surface area contributed by atoms with Gasteiger partial charge >= 0.3 is 0 Å². The second-order valence-corrected chi connectivity index (χ2v) is 6.32. The smallest absolute Gasteiger partial charge is 0.222 e. The van der Waals surface area contributed by atoms with Crippen molar-refractivity contribution in [3.63, 3.8) is 0 Å². The minimum atomic E-state index is 0.283. The summed E-state index contributed by atoms with van der Waals surface area (Å²) in [7, 11) is 0. The number of piperidine rings is 1. The first-order chi connectivity index (χ1) is 11.7. The molecule has 0 unspecified atom stereocenters. The summed E-state index contributed by atoms with van der Waals surface area (Å²) in [5.74, 6) is 0.283. The topological polar surface area (TPSA) is 64.2 Å². The summed E-state index contributed by atoms with van der Waals surface area (Å²) in [6.07, 6.45) is 10.7. The van der Waals surface area contributed by atoms with Crippen LogP contribution in [-0.4, -0.2) is 38.9 Å². The lowest BCUT2D eigenvalue weighted by atomic mass is 10.1. The maximum Gasteiger partial charge on any atom is 0.222 e. The SMILES string of the molecule is C=C1CCN(C(=O)CCCCCn2cc(-c3ccoc3)nn2)CC1. The number of nitrogens with zero attached hydrogens (tertiary/aromatic N) is 4. The lowest BCUT2D eigenvalue weighted by Gasteiger charge is -2.28. The van der Waals surface area contributed by atoms with Gasteiger partial charge in [0.05, 0.1) is 18.7 Å². The molecule has 0 aromatic carbocycles. The fraction of sp³-hybridized carbons (Fsp3) is 0.500. The van der Waals surface area contributed by atoms with Gasteiger partial charge in [0.2, 0.25) is 5.91 Å². The first-order valence-corrected chi connectivity index (χ1v) is 8.59. The number of hydrogen-bond acceptors (Lipinski definition) is 4. The van der Waals surface area contributed by atoms with Gasteiger partial charge in [-0.1, -0.05) is 23.8 Å². The number of aromatic nitrogens is 3. The number of unbranched alkanes of at least 4 members (excludes halogenated alkanes) is 2. The summed E-state index contributed by atoms with van der Waals surface area (Å²) in [5.41, 5.74) is 3.03. The summed E-state index contributed by atoms with van der Waals surface area (Å²) in [5, 5.41) is 8.27. The molecule has 6 nitrogen and oxygen atoms in total.